The average Bonchev–Trinajstić information content (AvgIpc) is 3.55. The third kappa shape index (κ3) is 6.66. The van der Waals surface area contributed by atoms with Crippen LogP contribution in [0, 0.1) is 26.7 Å². The molecule has 3 aromatic rings. The molecule has 4 aliphatic carbocycles. The van der Waals surface area contributed by atoms with Crippen molar-refractivity contribution in [1.29, 1.82) is 0 Å². The van der Waals surface area contributed by atoms with Crippen LogP contribution in [-0.2, 0) is 4.79 Å². The standard InChI is InChI=1S/C37H43IN2O9/c1-37(2)24-9-8-22(25(37)17-24)18-40(36(45)31-15-21-6-5-7-28(46-3)33(21)49-31)27-14-23(35(44)39-10-11-41)16-29(32(27)43)48-34-26(38)12-20(19-42)13-30(34)47-4/h5-7,12-13,15-16,19,22,24-25,27,29,32,41,43H,8-11,14,17-18H2,1-4H3,(H,39,44)/t22-,24-,25-,27+,29-,32-/m0/s1. The molecule has 0 radical (unpaired) electrons. The molecule has 6 atom stereocenters. The Morgan fingerprint density at radius 2 is 1.92 bits per heavy atom. The lowest BCUT2D eigenvalue weighted by atomic mass is 9.45. The predicted molar refractivity (Wildman–Crippen MR) is 190 cm³/mol. The van der Waals surface area contributed by atoms with E-state index in [1.807, 2.05) is 34.7 Å². The first-order chi connectivity index (χ1) is 23.5. The highest BCUT2D eigenvalue weighted by Gasteiger charge is 2.55. The van der Waals surface area contributed by atoms with Gasteiger partial charge in [-0.1, -0.05) is 26.0 Å². The van der Waals surface area contributed by atoms with Crippen LogP contribution < -0.4 is 19.5 Å². The van der Waals surface area contributed by atoms with Gasteiger partial charge in [-0.3, -0.25) is 14.4 Å². The van der Waals surface area contributed by atoms with E-state index < -0.39 is 30.1 Å². The monoisotopic (exact) mass is 786 g/mol. The summed E-state index contributed by atoms with van der Waals surface area (Å²) in [5.41, 5.74) is 1.30. The summed E-state index contributed by atoms with van der Waals surface area (Å²) in [4.78, 5) is 41.3. The topological polar surface area (TPSA) is 148 Å². The first-order valence-electron chi connectivity index (χ1n) is 16.6. The number of benzene rings is 2. The van der Waals surface area contributed by atoms with Crippen molar-refractivity contribution < 1.29 is 43.2 Å². The number of para-hydroxylation sites is 1. The second kappa shape index (κ2) is 14.3. The van der Waals surface area contributed by atoms with Crippen LogP contribution in [0.15, 0.2) is 52.5 Å². The minimum atomic E-state index is -1.26. The van der Waals surface area contributed by atoms with Crippen LogP contribution in [0.25, 0.3) is 11.0 Å². The number of halogens is 1. The molecule has 0 spiro atoms. The van der Waals surface area contributed by atoms with E-state index in [0.717, 1.165) is 19.3 Å². The van der Waals surface area contributed by atoms with Gasteiger partial charge in [0.1, 0.15) is 18.5 Å². The minimum Gasteiger partial charge on any atom is -0.493 e. The van der Waals surface area contributed by atoms with Gasteiger partial charge in [-0.2, -0.15) is 0 Å². The second-order valence-corrected chi connectivity index (χ2v) is 15.0. The molecule has 4 aliphatic rings. The number of fused-ring (bicyclic) bond motifs is 3. The third-order valence-electron chi connectivity index (χ3n) is 10.9. The Kier molecular flexibility index (Phi) is 10.3. The van der Waals surface area contributed by atoms with Gasteiger partial charge in [-0.05, 0) is 95.4 Å². The molecule has 3 saturated carbocycles. The van der Waals surface area contributed by atoms with Crippen molar-refractivity contribution in [3.05, 3.63) is 62.9 Å². The quantitative estimate of drug-likeness (QED) is 0.171. The number of aliphatic hydroxyl groups excluding tert-OH is 2. The fourth-order valence-electron chi connectivity index (χ4n) is 8.08. The number of amides is 2. The molecule has 1 aromatic heterocycles. The lowest BCUT2D eigenvalue weighted by Crippen LogP contribution is -2.59. The molecule has 2 bridgehead atoms. The Morgan fingerprint density at radius 3 is 2.59 bits per heavy atom. The summed E-state index contributed by atoms with van der Waals surface area (Å²) in [6, 6.07) is 9.43. The number of furan rings is 1. The number of nitrogens with zero attached hydrogens (tertiary/aromatic N) is 1. The molecule has 1 heterocycles. The number of aldehydes is 1. The van der Waals surface area contributed by atoms with Gasteiger partial charge < -0.3 is 39.1 Å². The second-order valence-electron chi connectivity index (χ2n) is 13.8. The van der Waals surface area contributed by atoms with Gasteiger partial charge in [0.15, 0.2) is 28.6 Å². The fraction of sp³-hybridized carbons (Fsp3) is 0.486. The number of methoxy groups -OCH3 is 2. The smallest absolute Gasteiger partial charge is 0.289 e. The van der Waals surface area contributed by atoms with Crippen molar-refractivity contribution >= 4 is 51.7 Å². The van der Waals surface area contributed by atoms with E-state index in [-0.39, 0.29) is 42.4 Å². The van der Waals surface area contributed by atoms with Crippen LogP contribution in [0.3, 0.4) is 0 Å². The Labute approximate surface area is 299 Å². The van der Waals surface area contributed by atoms with Crippen LogP contribution in [0.1, 0.15) is 60.4 Å². The van der Waals surface area contributed by atoms with Gasteiger partial charge in [0.25, 0.3) is 5.91 Å². The molecule has 0 unspecified atom stereocenters. The highest BCUT2D eigenvalue weighted by Crippen LogP contribution is 2.61. The zero-order valence-corrected chi connectivity index (χ0v) is 30.3. The normalized spacial score (nSPS) is 25.5. The van der Waals surface area contributed by atoms with E-state index in [0.29, 0.717) is 61.8 Å². The number of aliphatic hydroxyl groups is 2. The Hall–Kier alpha value is -3.62. The molecule has 2 aromatic carbocycles. The van der Waals surface area contributed by atoms with Gasteiger partial charge in [0, 0.05) is 36.0 Å². The zero-order valence-electron chi connectivity index (χ0n) is 28.1. The molecule has 2 amide bonds. The van der Waals surface area contributed by atoms with Crippen LogP contribution in [0.4, 0.5) is 0 Å². The summed E-state index contributed by atoms with van der Waals surface area (Å²) in [5.74, 6) is 1.60. The van der Waals surface area contributed by atoms with E-state index in [2.05, 4.69) is 19.2 Å². The van der Waals surface area contributed by atoms with Crippen molar-refractivity contribution in [2.24, 2.45) is 23.2 Å². The number of nitrogens with one attached hydrogen (secondary N) is 1. The van der Waals surface area contributed by atoms with Crippen molar-refractivity contribution in [2.75, 3.05) is 33.9 Å². The lowest BCUT2D eigenvalue weighted by molar-refractivity contribution is -0.120. The summed E-state index contributed by atoms with van der Waals surface area (Å²) in [6.07, 6.45) is 3.12. The van der Waals surface area contributed by atoms with E-state index in [1.54, 1.807) is 36.3 Å². The van der Waals surface area contributed by atoms with E-state index >= 15 is 0 Å². The molecule has 3 N–H and O–H groups in total. The highest BCUT2D eigenvalue weighted by atomic mass is 127. The first-order valence-corrected chi connectivity index (χ1v) is 17.7. The molecule has 11 nitrogen and oxygen atoms in total. The fourth-order valence-corrected chi connectivity index (χ4v) is 8.84. The molecule has 49 heavy (non-hydrogen) atoms. The Balaban J connectivity index is 1.41. The molecule has 0 aliphatic heterocycles. The van der Waals surface area contributed by atoms with Crippen LogP contribution in [0.2, 0.25) is 0 Å². The lowest BCUT2D eigenvalue weighted by Gasteiger charge is -2.61. The summed E-state index contributed by atoms with van der Waals surface area (Å²) < 4.78 is 24.2. The molecular formula is C37H43IN2O9. The first kappa shape index (κ1) is 35.2. The largest absolute Gasteiger partial charge is 0.493 e. The van der Waals surface area contributed by atoms with Gasteiger partial charge in [0.2, 0.25) is 5.91 Å². The maximum Gasteiger partial charge on any atom is 0.289 e. The molecule has 3 fully saturated rings. The van der Waals surface area contributed by atoms with Crippen LogP contribution in [0.5, 0.6) is 17.2 Å². The van der Waals surface area contributed by atoms with E-state index in [4.69, 9.17) is 18.6 Å². The van der Waals surface area contributed by atoms with Gasteiger partial charge in [-0.25, -0.2) is 0 Å². The summed E-state index contributed by atoms with van der Waals surface area (Å²) in [7, 11) is 2.99. The van der Waals surface area contributed by atoms with Crippen LogP contribution >= 0.6 is 22.6 Å². The minimum absolute atomic E-state index is 0.0390. The van der Waals surface area contributed by atoms with Gasteiger partial charge in [0.05, 0.1) is 30.4 Å². The summed E-state index contributed by atoms with van der Waals surface area (Å²) in [5, 5.41) is 25.0. The van der Waals surface area contributed by atoms with Crippen molar-refractivity contribution in [2.45, 2.75) is 57.8 Å². The maximum absolute atomic E-state index is 14.7. The molecule has 7 rings (SSSR count). The Morgan fingerprint density at radius 1 is 1.14 bits per heavy atom. The SMILES string of the molecule is COc1cc(C=O)cc(I)c1O[C@H]1C=C(C(=O)NCCO)C[C@@H](N(C[C@@H]2CC[C@H]3C[C@@H]2C3(C)C)C(=O)c2cc3cccc(OC)c3o2)[C@@H]1O. The molecule has 12 heteroatoms. The van der Waals surface area contributed by atoms with Gasteiger partial charge >= 0.3 is 0 Å². The molecule has 262 valence electrons. The van der Waals surface area contributed by atoms with E-state index in [9.17, 15) is 24.6 Å². The number of carbonyl (C=O) groups is 3. The van der Waals surface area contributed by atoms with Crippen LogP contribution in [-0.4, -0.2) is 85.4 Å². The maximum atomic E-state index is 14.7. The van der Waals surface area contributed by atoms with Crippen molar-refractivity contribution in [1.82, 2.24) is 10.2 Å². The highest BCUT2D eigenvalue weighted by molar-refractivity contribution is 14.1. The number of hydrogen-bond donors (Lipinski definition) is 3. The van der Waals surface area contributed by atoms with Crippen molar-refractivity contribution in [3.8, 4) is 17.2 Å². The van der Waals surface area contributed by atoms with E-state index in [1.165, 1.54) is 13.2 Å². The Bertz CT molecular complexity index is 1770. The average molecular weight is 787 g/mol. The third-order valence-corrected chi connectivity index (χ3v) is 11.7. The molecule has 0 saturated heterocycles. The predicted octanol–water partition coefficient (Wildman–Crippen LogP) is 5.00. The van der Waals surface area contributed by atoms with Gasteiger partial charge in [-0.15, -0.1) is 0 Å². The summed E-state index contributed by atoms with van der Waals surface area (Å²) >= 11 is 2.03. The number of ether oxygens (including phenoxy) is 3. The summed E-state index contributed by atoms with van der Waals surface area (Å²) in [6.45, 7) is 4.75. The molecular weight excluding hydrogens is 743 g/mol. The zero-order chi connectivity index (χ0) is 35.0. The van der Waals surface area contributed by atoms with Crippen molar-refractivity contribution in [3.63, 3.8) is 0 Å². The number of rotatable bonds is 12. The number of hydrogen-bond acceptors (Lipinski definition) is 9. The number of carbonyl (C=O) groups excluding carboxylic acids is 3.